The van der Waals surface area contributed by atoms with Crippen LogP contribution < -0.4 is 9.47 Å². The molecule has 0 bridgehead atoms. The van der Waals surface area contributed by atoms with Crippen LogP contribution in [0, 0.1) is 0 Å². The first kappa shape index (κ1) is 14.8. The number of nitrogens with zero attached hydrogens (tertiary/aromatic N) is 3. The van der Waals surface area contributed by atoms with Gasteiger partial charge in [0.15, 0.2) is 11.6 Å². The lowest BCUT2D eigenvalue weighted by atomic mass is 10.2. The van der Waals surface area contributed by atoms with E-state index in [1.165, 1.54) is 10.9 Å². The Hall–Kier alpha value is -3.09. The molecule has 3 aromatic rings. The summed E-state index contributed by atoms with van der Waals surface area (Å²) in [7, 11) is 1.59. The number of methoxy groups -OCH3 is 1. The molecule has 0 saturated carbocycles. The van der Waals surface area contributed by atoms with Crippen LogP contribution in [0.2, 0.25) is 0 Å². The Labute approximate surface area is 132 Å². The number of benzene rings is 1. The number of rotatable bonds is 5. The van der Waals surface area contributed by atoms with Gasteiger partial charge in [0.05, 0.1) is 20.0 Å². The molecular weight excluding hydrogens is 298 g/mol. The Morgan fingerprint density at radius 1 is 1.26 bits per heavy atom. The molecule has 7 nitrogen and oxygen atoms in total. The van der Waals surface area contributed by atoms with Gasteiger partial charge in [-0.1, -0.05) is 0 Å². The average Bonchev–Trinajstić information content (AvgIpc) is 3.24. The Morgan fingerprint density at radius 3 is 2.65 bits per heavy atom. The Morgan fingerprint density at radius 2 is 2.04 bits per heavy atom. The highest BCUT2D eigenvalue weighted by Gasteiger charge is 2.21. The Kier molecular flexibility index (Phi) is 4.09. The van der Waals surface area contributed by atoms with Crippen LogP contribution in [0.1, 0.15) is 17.5 Å². The molecule has 0 spiro atoms. The molecule has 0 N–H and O–H groups in total. The smallest absolute Gasteiger partial charge is 0.336 e. The van der Waals surface area contributed by atoms with Gasteiger partial charge in [0, 0.05) is 5.56 Å². The fourth-order valence-corrected chi connectivity index (χ4v) is 2.06. The van der Waals surface area contributed by atoms with E-state index >= 15 is 0 Å². The summed E-state index contributed by atoms with van der Waals surface area (Å²) in [5.74, 6) is 0.840. The van der Waals surface area contributed by atoms with Crippen molar-refractivity contribution in [1.82, 2.24) is 14.8 Å². The second-order valence-electron chi connectivity index (χ2n) is 4.57. The third-order valence-corrected chi connectivity index (χ3v) is 3.13. The van der Waals surface area contributed by atoms with Gasteiger partial charge in [-0.3, -0.25) is 4.79 Å². The van der Waals surface area contributed by atoms with Gasteiger partial charge in [0.25, 0.3) is 0 Å². The van der Waals surface area contributed by atoms with E-state index < -0.39 is 5.91 Å². The zero-order valence-electron chi connectivity index (χ0n) is 12.7. The highest BCUT2D eigenvalue weighted by Crippen LogP contribution is 2.23. The van der Waals surface area contributed by atoms with Crippen molar-refractivity contribution in [2.24, 2.45) is 0 Å². The molecule has 0 unspecified atom stereocenters. The van der Waals surface area contributed by atoms with Gasteiger partial charge in [0.1, 0.15) is 5.75 Å². The van der Waals surface area contributed by atoms with Crippen molar-refractivity contribution in [3.63, 3.8) is 0 Å². The summed E-state index contributed by atoms with van der Waals surface area (Å²) in [6.07, 6.45) is 1.43. The summed E-state index contributed by atoms with van der Waals surface area (Å²) in [4.78, 5) is 16.8. The first-order valence-electron chi connectivity index (χ1n) is 7.05. The number of hydrogen-bond acceptors (Lipinski definition) is 6. The molecule has 1 aromatic carbocycles. The van der Waals surface area contributed by atoms with Crippen molar-refractivity contribution >= 4 is 5.91 Å². The van der Waals surface area contributed by atoms with E-state index in [1.54, 1.807) is 43.5 Å². The normalized spacial score (nSPS) is 10.5. The molecule has 0 saturated heterocycles. The van der Waals surface area contributed by atoms with Crippen molar-refractivity contribution in [3.05, 3.63) is 48.4 Å². The minimum atomic E-state index is -0.417. The van der Waals surface area contributed by atoms with E-state index in [0.717, 1.165) is 0 Å². The van der Waals surface area contributed by atoms with Crippen LogP contribution in [0.4, 0.5) is 0 Å². The third-order valence-electron chi connectivity index (χ3n) is 3.13. The zero-order chi connectivity index (χ0) is 16.2. The Bertz CT molecular complexity index is 791. The van der Waals surface area contributed by atoms with E-state index in [2.05, 4.69) is 10.1 Å². The highest BCUT2D eigenvalue weighted by atomic mass is 16.5. The molecule has 0 aliphatic heterocycles. The van der Waals surface area contributed by atoms with Crippen LogP contribution in [-0.4, -0.2) is 34.4 Å². The molecule has 0 fully saturated rings. The van der Waals surface area contributed by atoms with Crippen LogP contribution in [0.25, 0.3) is 11.4 Å². The molecule has 2 aromatic heterocycles. The number of aromatic nitrogens is 3. The fourth-order valence-electron chi connectivity index (χ4n) is 2.06. The van der Waals surface area contributed by atoms with Gasteiger partial charge in [0.2, 0.25) is 0 Å². The molecule has 0 radical (unpaired) electrons. The zero-order valence-corrected chi connectivity index (χ0v) is 12.7. The monoisotopic (exact) mass is 313 g/mol. The fraction of sp³-hybridized carbons (Fsp3) is 0.188. The van der Waals surface area contributed by atoms with Gasteiger partial charge in [-0.25, -0.2) is 0 Å². The molecule has 0 aliphatic rings. The lowest BCUT2D eigenvalue weighted by Crippen LogP contribution is -2.14. The summed E-state index contributed by atoms with van der Waals surface area (Å²) >= 11 is 0. The standard InChI is InChI=1S/C16H15N3O4/c1-3-22-16-17-14(11-6-8-12(21-2)9-7-11)19(18-16)15(20)13-5-4-10-23-13/h4-10H,3H2,1-2H3. The van der Waals surface area contributed by atoms with Gasteiger partial charge >= 0.3 is 11.9 Å². The maximum atomic E-state index is 12.5. The molecule has 2 heterocycles. The summed E-state index contributed by atoms with van der Waals surface area (Å²) in [5.41, 5.74) is 0.712. The molecule has 23 heavy (non-hydrogen) atoms. The van der Waals surface area contributed by atoms with Gasteiger partial charge in [-0.15, -0.1) is 5.10 Å². The first-order chi connectivity index (χ1) is 11.2. The lowest BCUT2D eigenvalue weighted by Gasteiger charge is -2.04. The van der Waals surface area contributed by atoms with E-state index in [-0.39, 0.29) is 11.8 Å². The minimum absolute atomic E-state index is 0.137. The highest BCUT2D eigenvalue weighted by molar-refractivity contribution is 5.94. The van der Waals surface area contributed by atoms with Crippen molar-refractivity contribution < 1.29 is 18.7 Å². The van der Waals surface area contributed by atoms with Crippen LogP contribution in [-0.2, 0) is 0 Å². The van der Waals surface area contributed by atoms with Crippen LogP contribution >= 0.6 is 0 Å². The van der Waals surface area contributed by atoms with Crippen LogP contribution in [0.15, 0.2) is 47.1 Å². The Balaban J connectivity index is 2.05. The second-order valence-corrected chi connectivity index (χ2v) is 4.57. The lowest BCUT2D eigenvalue weighted by molar-refractivity contribution is 0.0917. The van der Waals surface area contributed by atoms with E-state index in [1.807, 2.05) is 6.92 Å². The summed E-state index contributed by atoms with van der Waals surface area (Å²) in [6.45, 7) is 2.23. The number of carbonyl (C=O) groups is 1. The second kappa shape index (κ2) is 6.35. The van der Waals surface area contributed by atoms with Crippen LogP contribution in [0.5, 0.6) is 11.8 Å². The molecular formula is C16H15N3O4. The predicted octanol–water partition coefficient (Wildman–Crippen LogP) is 2.63. The topological polar surface area (TPSA) is 79.4 Å². The van der Waals surface area contributed by atoms with E-state index in [0.29, 0.717) is 23.7 Å². The van der Waals surface area contributed by atoms with Crippen molar-refractivity contribution in [3.8, 4) is 23.1 Å². The molecule has 3 rings (SSSR count). The summed E-state index contributed by atoms with van der Waals surface area (Å²) < 4.78 is 16.8. The van der Waals surface area contributed by atoms with Crippen molar-refractivity contribution in [2.45, 2.75) is 6.92 Å². The van der Waals surface area contributed by atoms with Gasteiger partial charge in [-0.2, -0.15) is 9.67 Å². The molecule has 7 heteroatoms. The quantitative estimate of drug-likeness (QED) is 0.720. The van der Waals surface area contributed by atoms with Gasteiger partial charge < -0.3 is 13.9 Å². The SMILES string of the molecule is CCOc1nc(-c2ccc(OC)cc2)n(C(=O)c2ccco2)n1. The average molecular weight is 313 g/mol. The van der Waals surface area contributed by atoms with Crippen molar-refractivity contribution in [1.29, 1.82) is 0 Å². The summed E-state index contributed by atoms with van der Waals surface area (Å²) in [5, 5.41) is 4.12. The maximum Gasteiger partial charge on any atom is 0.336 e. The third kappa shape index (κ3) is 2.94. The van der Waals surface area contributed by atoms with Crippen molar-refractivity contribution in [2.75, 3.05) is 13.7 Å². The van der Waals surface area contributed by atoms with E-state index in [9.17, 15) is 4.79 Å². The molecule has 118 valence electrons. The number of carbonyl (C=O) groups excluding carboxylic acids is 1. The summed E-state index contributed by atoms with van der Waals surface area (Å²) in [6, 6.07) is 10.5. The molecule has 0 aliphatic carbocycles. The first-order valence-corrected chi connectivity index (χ1v) is 7.05. The predicted molar refractivity (Wildman–Crippen MR) is 81.6 cm³/mol. The van der Waals surface area contributed by atoms with Gasteiger partial charge in [-0.05, 0) is 43.3 Å². The van der Waals surface area contributed by atoms with E-state index in [4.69, 9.17) is 13.9 Å². The largest absolute Gasteiger partial charge is 0.497 e. The van der Waals surface area contributed by atoms with Crippen LogP contribution in [0.3, 0.4) is 0 Å². The number of furan rings is 1. The molecule has 0 amide bonds. The number of hydrogen-bond donors (Lipinski definition) is 0. The molecule has 0 atom stereocenters. The minimum Gasteiger partial charge on any atom is -0.497 e. The number of ether oxygens (including phenoxy) is 2. The maximum absolute atomic E-state index is 12.5.